The van der Waals surface area contributed by atoms with Gasteiger partial charge in [0.15, 0.2) is 6.29 Å². The first-order chi connectivity index (χ1) is 45.2. The number of rotatable bonds is 70. The lowest BCUT2D eigenvalue weighted by Gasteiger charge is -2.40. The Morgan fingerprint density at radius 1 is 0.402 bits per heavy atom. The van der Waals surface area contributed by atoms with Gasteiger partial charge in [-0.1, -0.05) is 338 Å². The number of aliphatic hydroxyl groups is 5. The van der Waals surface area contributed by atoms with Crippen molar-refractivity contribution in [2.24, 2.45) is 0 Å². The summed E-state index contributed by atoms with van der Waals surface area (Å²) in [6, 6.07) is -0.808. The van der Waals surface area contributed by atoms with E-state index in [1.165, 1.54) is 283 Å². The highest BCUT2D eigenvalue weighted by atomic mass is 16.7. The fourth-order valence-electron chi connectivity index (χ4n) is 12.4. The van der Waals surface area contributed by atoms with Gasteiger partial charge in [-0.05, 0) is 89.9 Å². The van der Waals surface area contributed by atoms with Crippen molar-refractivity contribution in [1.82, 2.24) is 5.32 Å². The predicted octanol–water partition coefficient (Wildman–Crippen LogP) is 21.2. The molecule has 6 N–H and O–H groups in total. The van der Waals surface area contributed by atoms with Crippen LogP contribution in [0.4, 0.5) is 0 Å². The molecule has 0 aromatic heterocycles. The molecular formula is C81H149NO10. The zero-order valence-electron chi connectivity index (χ0n) is 60.0. The molecule has 92 heavy (non-hydrogen) atoms. The average Bonchev–Trinajstić information content (AvgIpc) is 0.973. The van der Waals surface area contributed by atoms with Crippen LogP contribution in [0.5, 0.6) is 0 Å². The molecular weight excluding hydrogens is 1150 g/mol. The summed E-state index contributed by atoms with van der Waals surface area (Å²) in [6.07, 6.45) is 83.9. The zero-order valence-corrected chi connectivity index (χ0v) is 60.0. The van der Waals surface area contributed by atoms with Crippen molar-refractivity contribution in [2.75, 3.05) is 19.8 Å². The molecule has 1 aliphatic heterocycles. The Morgan fingerprint density at radius 3 is 1.14 bits per heavy atom. The molecule has 1 aliphatic rings. The minimum atomic E-state index is -1.57. The minimum absolute atomic E-state index is 0.000844. The van der Waals surface area contributed by atoms with E-state index in [1.54, 1.807) is 6.08 Å². The van der Waals surface area contributed by atoms with Crippen LogP contribution in [-0.2, 0) is 23.8 Å². The van der Waals surface area contributed by atoms with Gasteiger partial charge in [-0.25, -0.2) is 0 Å². The summed E-state index contributed by atoms with van der Waals surface area (Å²) in [5.74, 6) is -0.178. The third-order valence-corrected chi connectivity index (χ3v) is 18.6. The van der Waals surface area contributed by atoms with E-state index in [0.717, 1.165) is 70.6 Å². The molecule has 0 radical (unpaired) electrons. The summed E-state index contributed by atoms with van der Waals surface area (Å²) in [4.78, 5) is 25.1. The van der Waals surface area contributed by atoms with E-state index < -0.39 is 49.5 Å². The molecule has 1 fully saturated rings. The van der Waals surface area contributed by atoms with Crippen LogP contribution in [0.2, 0.25) is 0 Å². The molecule has 0 aliphatic carbocycles. The zero-order chi connectivity index (χ0) is 66.5. The number of carbonyl (C=O) groups is 2. The van der Waals surface area contributed by atoms with Crippen LogP contribution in [0.15, 0.2) is 60.8 Å². The Kier molecular flexibility index (Phi) is 66.2. The average molecular weight is 1300 g/mol. The largest absolute Gasteiger partial charge is 0.466 e. The highest BCUT2D eigenvalue weighted by Gasteiger charge is 2.44. The fourth-order valence-corrected chi connectivity index (χ4v) is 12.4. The number of aliphatic hydroxyl groups excluding tert-OH is 5. The summed E-state index contributed by atoms with van der Waals surface area (Å²) in [7, 11) is 0. The van der Waals surface area contributed by atoms with Crippen molar-refractivity contribution < 1.29 is 49.3 Å². The molecule has 1 amide bonds. The third kappa shape index (κ3) is 57.6. The SMILES string of the molecule is CCC/C=C\C/C=C\CCCCCCCC(=O)OCCCCCCCCCCCCCCCCC/C=C\C/C=C\CCCCCCCCCCCCCCCCCCCC(=O)NC(COC1OC(CO)C(O)C(O)C1O)C(O)/C=C/CCCCCCCCCCCC. The molecule has 7 unspecified atom stereocenters. The van der Waals surface area contributed by atoms with E-state index in [0.29, 0.717) is 19.4 Å². The molecule has 11 heteroatoms. The maximum Gasteiger partial charge on any atom is 0.305 e. The Bertz CT molecular complexity index is 1710. The first-order valence-electron chi connectivity index (χ1n) is 39.6. The highest BCUT2D eigenvalue weighted by Crippen LogP contribution is 2.24. The lowest BCUT2D eigenvalue weighted by molar-refractivity contribution is -0.302. The van der Waals surface area contributed by atoms with Gasteiger partial charge in [0.05, 0.1) is 32.0 Å². The van der Waals surface area contributed by atoms with Crippen molar-refractivity contribution in [3.8, 4) is 0 Å². The van der Waals surface area contributed by atoms with E-state index in [2.05, 4.69) is 67.8 Å². The molecule has 0 saturated carbocycles. The summed E-state index contributed by atoms with van der Waals surface area (Å²) in [5.41, 5.74) is 0. The van der Waals surface area contributed by atoms with Crippen molar-refractivity contribution in [2.45, 2.75) is 423 Å². The molecule has 0 aromatic rings. The number of amides is 1. The van der Waals surface area contributed by atoms with Gasteiger partial charge in [-0.2, -0.15) is 0 Å². The first kappa shape index (κ1) is 87.4. The maximum atomic E-state index is 13.1. The Hall–Kier alpha value is -2.64. The molecule has 1 rings (SSSR count). The quantitative estimate of drug-likeness (QED) is 0.0195. The summed E-state index contributed by atoms with van der Waals surface area (Å²) in [5, 5.41) is 54.5. The van der Waals surface area contributed by atoms with Gasteiger partial charge in [-0.3, -0.25) is 9.59 Å². The molecule has 11 nitrogen and oxygen atoms in total. The predicted molar refractivity (Wildman–Crippen MR) is 389 cm³/mol. The maximum absolute atomic E-state index is 13.1. The normalized spacial score (nSPS) is 17.8. The molecule has 7 atom stereocenters. The van der Waals surface area contributed by atoms with E-state index in [9.17, 15) is 35.1 Å². The van der Waals surface area contributed by atoms with Crippen LogP contribution in [0.25, 0.3) is 0 Å². The van der Waals surface area contributed by atoms with Gasteiger partial charge in [0.1, 0.15) is 24.4 Å². The van der Waals surface area contributed by atoms with Gasteiger partial charge < -0.3 is 45.1 Å². The number of carbonyl (C=O) groups excluding carboxylic acids is 2. The van der Waals surface area contributed by atoms with Crippen molar-refractivity contribution in [3.63, 3.8) is 0 Å². The first-order valence-corrected chi connectivity index (χ1v) is 39.6. The minimum Gasteiger partial charge on any atom is -0.466 e. The van der Waals surface area contributed by atoms with Gasteiger partial charge in [0.2, 0.25) is 5.91 Å². The number of allylic oxidation sites excluding steroid dienone is 9. The number of hydrogen-bond donors (Lipinski definition) is 6. The Balaban J connectivity index is 1.90. The van der Waals surface area contributed by atoms with Crippen LogP contribution >= 0.6 is 0 Å². The van der Waals surface area contributed by atoms with Crippen LogP contribution in [0.3, 0.4) is 0 Å². The van der Waals surface area contributed by atoms with E-state index in [4.69, 9.17) is 14.2 Å². The third-order valence-electron chi connectivity index (χ3n) is 18.6. The molecule has 0 aromatic carbocycles. The summed E-state index contributed by atoms with van der Waals surface area (Å²) >= 11 is 0. The van der Waals surface area contributed by atoms with Crippen LogP contribution in [0.1, 0.15) is 380 Å². The van der Waals surface area contributed by atoms with Gasteiger partial charge in [-0.15, -0.1) is 0 Å². The van der Waals surface area contributed by atoms with Crippen molar-refractivity contribution >= 4 is 11.9 Å². The lowest BCUT2D eigenvalue weighted by atomic mass is 9.99. The van der Waals surface area contributed by atoms with Gasteiger partial charge in [0.25, 0.3) is 0 Å². The molecule has 0 bridgehead atoms. The van der Waals surface area contributed by atoms with E-state index in [-0.39, 0.29) is 18.5 Å². The smallest absolute Gasteiger partial charge is 0.305 e. The van der Waals surface area contributed by atoms with Crippen LogP contribution in [-0.4, -0.2) is 100 Å². The van der Waals surface area contributed by atoms with E-state index in [1.807, 2.05) is 6.08 Å². The second-order valence-corrected chi connectivity index (χ2v) is 27.4. The second-order valence-electron chi connectivity index (χ2n) is 27.4. The number of ether oxygens (including phenoxy) is 3. The lowest BCUT2D eigenvalue weighted by Crippen LogP contribution is -2.60. The summed E-state index contributed by atoms with van der Waals surface area (Å²) < 4.78 is 16.7. The fraction of sp³-hybridized carbons (Fsp3) is 0.852. The standard InChI is InChI=1S/C81H149NO10/c1-3-5-7-9-11-13-15-44-49-53-57-61-65-69-77(86)90-70-66-62-58-54-50-46-43-41-39-37-35-33-31-29-27-25-23-21-19-17-18-20-22-24-26-28-30-32-34-36-38-40-42-45-48-52-56-60-64-68-76(85)82-73(72-91-81-80(89)79(88)78(87)75(71-83)92-81)74(84)67-63-59-55-51-47-16-14-12-10-8-6-4-2/h7,9,13,15,17-18,21,23,63,67,73-75,78-81,83-84,87-89H,3-6,8,10-12,14,16,19-20,22,24-62,64-66,68-72H2,1-2H3,(H,82,85)/b9-7-,15-13-,18-17-,23-21-,67-63+. The topological polar surface area (TPSA) is 175 Å². The summed E-state index contributed by atoms with van der Waals surface area (Å²) in [6.45, 7) is 4.31. The Morgan fingerprint density at radius 2 is 0.750 bits per heavy atom. The van der Waals surface area contributed by atoms with Gasteiger partial charge in [0, 0.05) is 12.8 Å². The molecule has 0 spiro atoms. The Labute approximate surface area is 567 Å². The second kappa shape index (κ2) is 69.7. The van der Waals surface area contributed by atoms with Crippen LogP contribution in [0, 0.1) is 0 Å². The van der Waals surface area contributed by atoms with E-state index >= 15 is 0 Å². The number of hydrogen-bond acceptors (Lipinski definition) is 10. The van der Waals surface area contributed by atoms with Crippen molar-refractivity contribution in [3.05, 3.63) is 60.8 Å². The number of unbranched alkanes of at least 4 members (excludes halogenated alkanes) is 48. The van der Waals surface area contributed by atoms with Crippen LogP contribution < -0.4 is 5.32 Å². The monoisotopic (exact) mass is 1300 g/mol. The van der Waals surface area contributed by atoms with Gasteiger partial charge >= 0.3 is 5.97 Å². The molecule has 538 valence electrons. The number of nitrogens with one attached hydrogen (secondary N) is 1. The molecule has 1 heterocycles. The molecule has 1 saturated heterocycles. The van der Waals surface area contributed by atoms with Crippen molar-refractivity contribution in [1.29, 1.82) is 0 Å². The highest BCUT2D eigenvalue weighted by molar-refractivity contribution is 5.76. The number of esters is 1.